The summed E-state index contributed by atoms with van der Waals surface area (Å²) in [5.41, 5.74) is 6.74. The number of carboxylic acid groups (broad SMARTS) is 2. The summed E-state index contributed by atoms with van der Waals surface area (Å²) in [6.45, 7) is 0.188. The van der Waals surface area contributed by atoms with Crippen LogP contribution in [0, 0.1) is 0 Å². The first-order valence-corrected chi connectivity index (χ1v) is 13.3. The number of rotatable bonds is 14. The summed E-state index contributed by atoms with van der Waals surface area (Å²) in [4.78, 5) is 62.9. The number of benzene rings is 1. The van der Waals surface area contributed by atoms with E-state index in [0.29, 0.717) is 17.7 Å². The van der Waals surface area contributed by atoms with Crippen LogP contribution in [0.25, 0.3) is 0 Å². The summed E-state index contributed by atoms with van der Waals surface area (Å²) in [5, 5.41) is 33.1. The highest BCUT2D eigenvalue weighted by atomic mass is 32.2. The standard InChI is InChI=1S/C24H34N4O8S/c1-37-12-10-17(26-21(32)16(25)13-14-4-6-15(29)7-5-14)22(33)27-18(8-9-20(30)31)23(34)28-11-2-3-19(28)24(35)36/h4-7,16-19,29H,2-3,8-13,25H2,1H3,(H,26,32)(H,27,33)(H,30,31)(H,35,36). The van der Waals surface area contributed by atoms with E-state index in [-0.39, 0.29) is 38.0 Å². The summed E-state index contributed by atoms with van der Waals surface area (Å²) in [6.07, 6.45) is 2.32. The molecule has 1 heterocycles. The molecule has 12 nitrogen and oxygen atoms in total. The number of carbonyl (C=O) groups is 5. The van der Waals surface area contributed by atoms with Crippen LogP contribution in [-0.4, -0.2) is 92.6 Å². The Morgan fingerprint density at radius 1 is 1.05 bits per heavy atom. The number of aliphatic carboxylic acids is 2. The highest BCUT2D eigenvalue weighted by Crippen LogP contribution is 2.20. The quantitative estimate of drug-likeness (QED) is 0.186. The summed E-state index contributed by atoms with van der Waals surface area (Å²) >= 11 is 1.45. The van der Waals surface area contributed by atoms with E-state index in [0.717, 1.165) is 4.90 Å². The van der Waals surface area contributed by atoms with Crippen molar-refractivity contribution < 1.29 is 39.3 Å². The van der Waals surface area contributed by atoms with Gasteiger partial charge in [-0.05, 0) is 61.8 Å². The van der Waals surface area contributed by atoms with Crippen LogP contribution in [0.1, 0.15) is 37.7 Å². The normalized spacial score (nSPS) is 17.5. The molecule has 1 aliphatic rings. The lowest BCUT2D eigenvalue weighted by Gasteiger charge is -2.28. The van der Waals surface area contributed by atoms with Gasteiger partial charge in [0, 0.05) is 13.0 Å². The Balaban J connectivity index is 2.12. The first kappa shape index (κ1) is 29.9. The number of nitrogens with two attached hydrogens (primary N) is 1. The smallest absolute Gasteiger partial charge is 0.326 e. The number of nitrogens with one attached hydrogen (secondary N) is 2. The van der Waals surface area contributed by atoms with Crippen molar-refractivity contribution in [3.05, 3.63) is 29.8 Å². The first-order valence-electron chi connectivity index (χ1n) is 11.9. The molecule has 0 spiro atoms. The third kappa shape index (κ3) is 9.25. The Morgan fingerprint density at radius 3 is 2.30 bits per heavy atom. The Labute approximate surface area is 219 Å². The molecule has 0 saturated carbocycles. The van der Waals surface area contributed by atoms with Crippen molar-refractivity contribution in [2.75, 3.05) is 18.6 Å². The number of thioether (sulfide) groups is 1. The predicted octanol–water partition coefficient (Wildman–Crippen LogP) is -0.0749. The Kier molecular flexibility index (Phi) is 11.7. The number of nitrogens with zero attached hydrogens (tertiary/aromatic N) is 1. The molecular formula is C24H34N4O8S. The fraction of sp³-hybridized carbons (Fsp3) is 0.542. The molecule has 4 unspecified atom stereocenters. The van der Waals surface area contributed by atoms with E-state index in [1.165, 1.54) is 23.9 Å². The minimum atomic E-state index is -1.26. The summed E-state index contributed by atoms with van der Waals surface area (Å²) in [7, 11) is 0. The molecular weight excluding hydrogens is 504 g/mol. The molecule has 37 heavy (non-hydrogen) atoms. The molecule has 1 saturated heterocycles. The van der Waals surface area contributed by atoms with Crippen molar-refractivity contribution in [3.63, 3.8) is 0 Å². The van der Waals surface area contributed by atoms with Crippen LogP contribution in [0.3, 0.4) is 0 Å². The average molecular weight is 539 g/mol. The van der Waals surface area contributed by atoms with Gasteiger partial charge in [-0.15, -0.1) is 0 Å². The van der Waals surface area contributed by atoms with Crippen LogP contribution in [-0.2, 0) is 30.4 Å². The topological polar surface area (TPSA) is 199 Å². The monoisotopic (exact) mass is 538 g/mol. The number of phenols is 1. The van der Waals surface area contributed by atoms with Gasteiger partial charge in [-0.3, -0.25) is 19.2 Å². The van der Waals surface area contributed by atoms with Crippen LogP contribution in [0.4, 0.5) is 0 Å². The molecule has 3 amide bonds. The molecule has 1 fully saturated rings. The van der Waals surface area contributed by atoms with Crippen LogP contribution >= 0.6 is 11.8 Å². The maximum Gasteiger partial charge on any atom is 0.326 e. The van der Waals surface area contributed by atoms with Gasteiger partial charge in [0.25, 0.3) is 0 Å². The maximum absolute atomic E-state index is 13.2. The first-order chi connectivity index (χ1) is 17.5. The van der Waals surface area contributed by atoms with E-state index >= 15 is 0 Å². The highest BCUT2D eigenvalue weighted by Gasteiger charge is 2.38. The lowest BCUT2D eigenvalue weighted by atomic mass is 10.0. The van der Waals surface area contributed by atoms with E-state index in [1.54, 1.807) is 12.1 Å². The summed E-state index contributed by atoms with van der Waals surface area (Å²) in [5.74, 6) is -3.70. The van der Waals surface area contributed by atoms with Gasteiger partial charge in [-0.1, -0.05) is 12.1 Å². The molecule has 204 valence electrons. The molecule has 2 rings (SSSR count). The Morgan fingerprint density at radius 2 is 1.70 bits per heavy atom. The zero-order valence-corrected chi connectivity index (χ0v) is 21.4. The predicted molar refractivity (Wildman–Crippen MR) is 136 cm³/mol. The Bertz CT molecular complexity index is 974. The van der Waals surface area contributed by atoms with Gasteiger partial charge in [0.2, 0.25) is 17.7 Å². The van der Waals surface area contributed by atoms with Crippen molar-refractivity contribution in [2.24, 2.45) is 5.73 Å². The average Bonchev–Trinajstić information content (AvgIpc) is 3.35. The summed E-state index contributed by atoms with van der Waals surface area (Å²) in [6, 6.07) is 1.86. The SMILES string of the molecule is CSCCC(NC(=O)C(N)Cc1ccc(O)cc1)C(=O)NC(CCC(=O)O)C(=O)N1CCCC1C(=O)O. The fourth-order valence-corrected chi connectivity index (χ4v) is 4.52. The fourth-order valence-electron chi connectivity index (χ4n) is 4.05. The van der Waals surface area contributed by atoms with Gasteiger partial charge in [-0.25, -0.2) is 4.79 Å². The maximum atomic E-state index is 13.2. The number of phenolic OH excluding ortho intramolecular Hbond substituents is 1. The van der Waals surface area contributed by atoms with Crippen molar-refractivity contribution in [2.45, 2.75) is 62.7 Å². The van der Waals surface area contributed by atoms with Crippen molar-refractivity contribution in [3.8, 4) is 5.75 Å². The third-order valence-electron chi connectivity index (χ3n) is 6.05. The van der Waals surface area contributed by atoms with Gasteiger partial charge in [0.15, 0.2) is 0 Å². The zero-order chi connectivity index (χ0) is 27.5. The molecule has 1 aromatic rings. The number of hydrogen-bond donors (Lipinski definition) is 6. The van der Waals surface area contributed by atoms with E-state index < -0.39 is 60.2 Å². The van der Waals surface area contributed by atoms with E-state index in [4.69, 9.17) is 10.8 Å². The van der Waals surface area contributed by atoms with Crippen LogP contribution in [0.15, 0.2) is 24.3 Å². The number of carboxylic acids is 2. The minimum absolute atomic E-state index is 0.0752. The Hall–Kier alpha value is -3.32. The molecule has 0 aliphatic carbocycles. The lowest BCUT2D eigenvalue weighted by Crippen LogP contribution is -2.57. The summed E-state index contributed by atoms with van der Waals surface area (Å²) < 4.78 is 0. The van der Waals surface area contributed by atoms with Crippen LogP contribution in [0.2, 0.25) is 0 Å². The molecule has 0 aromatic heterocycles. The van der Waals surface area contributed by atoms with Crippen LogP contribution in [0.5, 0.6) is 5.75 Å². The highest BCUT2D eigenvalue weighted by molar-refractivity contribution is 7.98. The third-order valence-corrected chi connectivity index (χ3v) is 6.70. The number of aromatic hydroxyl groups is 1. The molecule has 1 aliphatic heterocycles. The van der Waals surface area contributed by atoms with E-state index in [9.17, 15) is 34.2 Å². The zero-order valence-electron chi connectivity index (χ0n) is 20.6. The van der Waals surface area contributed by atoms with Crippen molar-refractivity contribution >= 4 is 41.4 Å². The lowest BCUT2D eigenvalue weighted by molar-refractivity contribution is -0.150. The minimum Gasteiger partial charge on any atom is -0.508 e. The largest absolute Gasteiger partial charge is 0.508 e. The van der Waals surface area contributed by atoms with Gasteiger partial charge in [0.05, 0.1) is 6.04 Å². The number of amides is 3. The number of hydrogen-bond acceptors (Lipinski definition) is 8. The molecule has 1 aromatic carbocycles. The van der Waals surface area contributed by atoms with Crippen molar-refractivity contribution in [1.82, 2.24) is 15.5 Å². The molecule has 4 atom stereocenters. The molecule has 0 radical (unpaired) electrons. The van der Waals surface area contributed by atoms with Gasteiger partial charge in [0.1, 0.15) is 23.9 Å². The van der Waals surface area contributed by atoms with Gasteiger partial charge in [-0.2, -0.15) is 11.8 Å². The van der Waals surface area contributed by atoms with E-state index in [1.807, 2.05) is 6.26 Å². The second-order valence-electron chi connectivity index (χ2n) is 8.84. The van der Waals surface area contributed by atoms with Gasteiger partial charge < -0.3 is 36.6 Å². The van der Waals surface area contributed by atoms with E-state index in [2.05, 4.69) is 10.6 Å². The van der Waals surface area contributed by atoms with Crippen molar-refractivity contribution in [1.29, 1.82) is 0 Å². The number of likely N-dealkylation sites (tertiary alicyclic amines) is 1. The van der Waals surface area contributed by atoms with Gasteiger partial charge >= 0.3 is 11.9 Å². The molecule has 7 N–H and O–H groups in total. The second kappa shape index (κ2) is 14.4. The second-order valence-corrected chi connectivity index (χ2v) is 9.83. The molecule has 13 heteroatoms. The van der Waals surface area contributed by atoms with Crippen LogP contribution < -0.4 is 16.4 Å². The number of carbonyl (C=O) groups excluding carboxylic acids is 3. The molecule has 0 bridgehead atoms.